The second kappa shape index (κ2) is 17.0. The second-order valence-corrected chi connectivity index (χ2v) is 17.6. The van der Waals surface area contributed by atoms with Crippen LogP contribution in [0.15, 0.2) is 134 Å². The van der Waals surface area contributed by atoms with Crippen LogP contribution in [0.5, 0.6) is 0 Å². The summed E-state index contributed by atoms with van der Waals surface area (Å²) < 4.78 is 42.1. The lowest BCUT2D eigenvalue weighted by molar-refractivity contribution is -0.150. The number of benzene rings is 4. The van der Waals surface area contributed by atoms with Crippen LogP contribution in [0.4, 0.5) is 18.3 Å². The minimum Gasteiger partial charge on any atom is -0.477 e. The maximum atomic E-state index is 14.5. The number of oxime groups is 1. The van der Waals surface area contributed by atoms with Gasteiger partial charge in [-0.05, 0) is 28.3 Å². The van der Waals surface area contributed by atoms with Gasteiger partial charge in [0.2, 0.25) is 0 Å². The molecule has 0 spiro atoms. The highest BCUT2D eigenvalue weighted by molar-refractivity contribution is 8.02. The zero-order valence-corrected chi connectivity index (χ0v) is 34.3. The van der Waals surface area contributed by atoms with Crippen LogP contribution in [0.25, 0.3) is 10.1 Å². The van der Waals surface area contributed by atoms with E-state index in [4.69, 9.17) is 9.82 Å². The number of hydrogen-bond acceptors (Lipinski definition) is 12. The zero-order chi connectivity index (χ0) is 42.1. The molecule has 0 saturated carbocycles. The Morgan fingerprint density at radius 3 is 2.15 bits per heavy atom. The number of aromatic nitrogens is 1. The van der Waals surface area contributed by atoms with Crippen molar-refractivity contribution in [2.45, 2.75) is 21.2 Å². The lowest BCUT2D eigenvalue weighted by atomic mass is 9.77. The van der Waals surface area contributed by atoms with Crippen molar-refractivity contribution < 1.29 is 37.5 Å². The smallest absolute Gasteiger partial charge is 0.352 e. The van der Waals surface area contributed by atoms with E-state index in [1.54, 1.807) is 5.38 Å². The molecule has 2 aromatic heterocycles. The van der Waals surface area contributed by atoms with Crippen LogP contribution in [0.1, 0.15) is 22.4 Å². The molecule has 60 heavy (non-hydrogen) atoms. The lowest BCUT2D eigenvalue weighted by Crippen LogP contribution is -2.71. The summed E-state index contributed by atoms with van der Waals surface area (Å²) in [5, 5.41) is 21.5. The van der Waals surface area contributed by atoms with Crippen molar-refractivity contribution in [1.29, 1.82) is 0 Å². The average Bonchev–Trinajstić information content (AvgIpc) is 3.73. The Kier molecular flexibility index (Phi) is 11.5. The van der Waals surface area contributed by atoms with E-state index in [9.17, 15) is 37.5 Å². The summed E-state index contributed by atoms with van der Waals surface area (Å²) in [6.45, 7) is 0. The summed E-state index contributed by atoms with van der Waals surface area (Å²) in [5.41, 5.74) is 1.19. The number of carbonyl (C=O) groups excluding carboxylic acids is 2. The van der Waals surface area contributed by atoms with E-state index in [-0.39, 0.29) is 42.9 Å². The van der Waals surface area contributed by atoms with Crippen LogP contribution in [-0.2, 0) is 24.8 Å². The van der Waals surface area contributed by atoms with E-state index in [1.165, 1.54) is 30.2 Å². The molecule has 2 aliphatic rings. The summed E-state index contributed by atoms with van der Waals surface area (Å²) in [4.78, 5) is 63.5. The molecular weight excluding hydrogens is 856 g/mol. The first kappa shape index (κ1) is 40.8. The molecule has 1 saturated heterocycles. The molecule has 4 aromatic carbocycles. The van der Waals surface area contributed by atoms with Gasteiger partial charge in [-0.2, -0.15) is 0 Å². The number of nitrogens with zero attached hydrogens (tertiary/aromatic N) is 3. The quantitative estimate of drug-likeness (QED) is 0.0267. The summed E-state index contributed by atoms with van der Waals surface area (Å²) in [7, 11) is 1.27. The van der Waals surface area contributed by atoms with E-state index in [0.717, 1.165) is 50.8 Å². The first-order valence-electron chi connectivity index (χ1n) is 18.0. The number of thiazole rings is 1. The third-order valence-electron chi connectivity index (χ3n) is 9.82. The summed E-state index contributed by atoms with van der Waals surface area (Å²) in [6, 6.07) is 30.3. The molecule has 2 aliphatic heterocycles. The van der Waals surface area contributed by atoms with Gasteiger partial charge < -0.3 is 20.6 Å². The van der Waals surface area contributed by atoms with Crippen LogP contribution in [0.3, 0.4) is 0 Å². The first-order chi connectivity index (χ1) is 29.0. The van der Waals surface area contributed by atoms with Crippen molar-refractivity contribution >= 4 is 84.9 Å². The topological polar surface area (TPSA) is 150 Å². The molecule has 0 bridgehead atoms. The number of fused-ring (bicyclic) bond motifs is 2. The number of thioether (sulfide) groups is 2. The number of nitrogens with one attached hydrogen (secondary N) is 2. The van der Waals surface area contributed by atoms with Gasteiger partial charge in [0.15, 0.2) is 33.7 Å². The molecule has 18 heteroatoms. The number of hydrogen-bond donors (Lipinski definition) is 3. The molecule has 1 unspecified atom stereocenters. The predicted octanol–water partition coefficient (Wildman–Crippen LogP) is 7.42. The minimum atomic E-state index is -1.70. The van der Waals surface area contributed by atoms with E-state index in [0.29, 0.717) is 16.8 Å². The summed E-state index contributed by atoms with van der Waals surface area (Å²) in [6.07, 6.45) is 0. The third kappa shape index (κ3) is 7.44. The molecule has 6 aromatic rings. The molecule has 1 fully saturated rings. The monoisotopic (exact) mass is 885 g/mol. The van der Waals surface area contributed by atoms with Crippen LogP contribution < -0.4 is 16.1 Å². The number of carboxylic acid groups (broad SMARTS) is 1. The maximum Gasteiger partial charge on any atom is 0.352 e. The fraction of sp³-hybridized carbons (Fsp3) is 0.143. The van der Waals surface area contributed by atoms with Gasteiger partial charge in [-0.15, -0.1) is 46.2 Å². The Bertz CT molecular complexity index is 2670. The Morgan fingerprint density at radius 2 is 1.57 bits per heavy atom. The fourth-order valence-corrected chi connectivity index (χ4v) is 11.5. The summed E-state index contributed by atoms with van der Waals surface area (Å²) >= 11 is 4.18. The zero-order valence-electron chi connectivity index (χ0n) is 31.1. The molecule has 0 aliphatic carbocycles. The highest BCUT2D eigenvalue weighted by Gasteiger charge is 2.54. The maximum absolute atomic E-state index is 14.5. The van der Waals surface area contributed by atoms with Crippen molar-refractivity contribution in [2.24, 2.45) is 5.16 Å². The number of aliphatic carboxylic acids is 1. The first-order valence-corrected chi connectivity index (χ1v) is 21.7. The number of amides is 2. The lowest BCUT2D eigenvalue weighted by Gasteiger charge is -2.49. The number of β-lactam (4-membered cyclic amide) rings is 1. The predicted molar refractivity (Wildman–Crippen MR) is 227 cm³/mol. The van der Waals surface area contributed by atoms with Crippen molar-refractivity contribution in [2.75, 3.05) is 23.9 Å². The molecule has 11 nitrogen and oxygen atoms in total. The molecule has 3 N–H and O–H groups in total. The Balaban J connectivity index is 1.01. The van der Waals surface area contributed by atoms with Gasteiger partial charge in [0.05, 0.1) is 8.91 Å². The standard InChI is InChI=1S/C42H30F3N5O6S4/c1-56-49-33(28-21-59-41(46-28)48-42(23-11-5-2-6-12-23,24-13-7-3-8-14-24)25-15-9-4-10-16-25)37(52)47-34-38(53)50-35(40(54)55)22(20-58-39(34)50)19-57-30-18-29(51)26-17-27(43)31(44)32(45)36(26)60-30/h2-18,21,34,39H,19-20H2,1H3,(H,46,48)(H,47,52)(H,54,55)/t34?,39-/m0/s1. The minimum absolute atomic E-state index is 0.0140. The Hall–Kier alpha value is -5.95. The number of rotatable bonds is 13. The Labute approximate surface area is 356 Å². The molecule has 2 atom stereocenters. The van der Waals surface area contributed by atoms with Gasteiger partial charge >= 0.3 is 5.97 Å². The highest BCUT2D eigenvalue weighted by Crippen LogP contribution is 2.43. The van der Waals surface area contributed by atoms with Crippen molar-refractivity contribution in [3.63, 3.8) is 0 Å². The average molecular weight is 886 g/mol. The molecule has 2 amide bonds. The number of carbonyl (C=O) groups is 3. The normalized spacial score (nSPS) is 16.6. The van der Waals surface area contributed by atoms with Gasteiger partial charge in [0.25, 0.3) is 11.8 Å². The van der Waals surface area contributed by atoms with E-state index in [1.807, 2.05) is 91.0 Å². The van der Waals surface area contributed by atoms with Crippen LogP contribution in [-0.4, -0.2) is 68.5 Å². The van der Waals surface area contributed by atoms with Gasteiger partial charge in [-0.25, -0.2) is 22.9 Å². The van der Waals surface area contributed by atoms with E-state index in [2.05, 4.69) is 15.8 Å². The molecule has 304 valence electrons. The molecule has 0 radical (unpaired) electrons. The second-order valence-electron chi connectivity index (χ2n) is 13.3. The van der Waals surface area contributed by atoms with Gasteiger partial charge in [0.1, 0.15) is 35.5 Å². The van der Waals surface area contributed by atoms with Crippen LogP contribution in [0, 0.1) is 17.5 Å². The Morgan fingerprint density at radius 1 is 0.950 bits per heavy atom. The molecular formula is C42H30F3N5O6S4. The number of halogens is 3. The SMILES string of the molecule is CON=C(C(=O)NC1C(=O)N2C(C(=O)O)=C(CSc3cc(=O)c4cc(F)c(F)c(F)c4s3)CS[C@@H]12)c1csc(NC(c2ccccc2)(c2ccccc2)c2ccccc2)n1. The van der Waals surface area contributed by atoms with Crippen molar-refractivity contribution in [3.05, 3.63) is 170 Å². The largest absolute Gasteiger partial charge is 0.477 e. The van der Waals surface area contributed by atoms with Crippen molar-refractivity contribution in [3.8, 4) is 0 Å². The third-order valence-corrected chi connectivity index (χ3v) is 14.3. The van der Waals surface area contributed by atoms with E-state index >= 15 is 0 Å². The molecule has 8 rings (SSSR count). The van der Waals surface area contributed by atoms with Gasteiger partial charge in [-0.3, -0.25) is 19.3 Å². The van der Waals surface area contributed by atoms with Gasteiger partial charge in [0, 0.05) is 28.3 Å². The van der Waals surface area contributed by atoms with Crippen LogP contribution >= 0.6 is 46.2 Å². The van der Waals surface area contributed by atoms with Crippen molar-refractivity contribution in [1.82, 2.24) is 15.2 Å². The number of anilines is 1. The summed E-state index contributed by atoms with van der Waals surface area (Å²) in [5.74, 6) is -7.38. The van der Waals surface area contributed by atoms with E-state index < -0.39 is 57.6 Å². The fourth-order valence-electron chi connectivity index (χ4n) is 7.09. The van der Waals surface area contributed by atoms with Gasteiger partial charge in [-0.1, -0.05) is 96.2 Å². The molecule has 4 heterocycles. The number of carboxylic acids is 1. The highest BCUT2D eigenvalue weighted by atomic mass is 32.2. The van der Waals surface area contributed by atoms with Crippen LogP contribution in [0.2, 0.25) is 0 Å².